The lowest BCUT2D eigenvalue weighted by Gasteiger charge is -2.36. The molecule has 0 spiro atoms. The van der Waals surface area contributed by atoms with Crippen LogP contribution < -0.4 is 4.90 Å². The van der Waals surface area contributed by atoms with Crippen LogP contribution in [0.3, 0.4) is 0 Å². The van der Waals surface area contributed by atoms with Gasteiger partial charge in [0.15, 0.2) is 0 Å². The van der Waals surface area contributed by atoms with Crippen molar-refractivity contribution in [1.29, 1.82) is 0 Å². The van der Waals surface area contributed by atoms with Crippen LogP contribution >= 0.6 is 11.3 Å². The minimum absolute atomic E-state index is 0.272. The lowest BCUT2D eigenvalue weighted by atomic mass is 10.2. The fraction of sp³-hybridized carbons (Fsp3) is 0.438. The molecule has 0 saturated carbocycles. The summed E-state index contributed by atoms with van der Waals surface area (Å²) in [6.45, 7) is 4.95. The maximum atomic E-state index is 10.6. The zero-order valence-electron chi connectivity index (χ0n) is 12.0. The second-order valence-electron chi connectivity index (χ2n) is 5.44. The van der Waals surface area contributed by atoms with Crippen LogP contribution in [0, 0.1) is 0 Å². The molecule has 0 aliphatic carbocycles. The van der Waals surface area contributed by atoms with Crippen molar-refractivity contribution in [1.82, 2.24) is 4.90 Å². The number of hydrogen-bond donors (Lipinski definition) is 1. The van der Waals surface area contributed by atoms with Crippen molar-refractivity contribution < 1.29 is 9.90 Å². The Morgan fingerprint density at radius 3 is 2.76 bits per heavy atom. The van der Waals surface area contributed by atoms with E-state index in [2.05, 4.69) is 39.4 Å². The second-order valence-corrected chi connectivity index (χ2v) is 6.38. The van der Waals surface area contributed by atoms with E-state index in [1.807, 2.05) is 0 Å². The number of thiophene rings is 1. The van der Waals surface area contributed by atoms with E-state index < -0.39 is 5.97 Å². The first kappa shape index (κ1) is 14.4. The Bertz CT molecular complexity index is 618. The third-order valence-electron chi connectivity index (χ3n) is 4.05. The molecular weight excluding hydrogens is 284 g/mol. The smallest absolute Gasteiger partial charge is 0.303 e. The van der Waals surface area contributed by atoms with E-state index in [1.54, 1.807) is 11.3 Å². The predicted octanol–water partition coefficient (Wildman–Crippen LogP) is 2.89. The fourth-order valence-electron chi connectivity index (χ4n) is 2.92. The SMILES string of the molecule is O=C(O)CCCN1CCN(c2cccc3sccc23)CC1. The summed E-state index contributed by atoms with van der Waals surface area (Å²) in [5.41, 5.74) is 1.33. The molecule has 1 N–H and O–H groups in total. The number of carboxylic acid groups (broad SMARTS) is 1. The van der Waals surface area contributed by atoms with Crippen LogP contribution in [0.15, 0.2) is 29.6 Å². The molecule has 1 aliphatic rings. The Balaban J connectivity index is 1.58. The van der Waals surface area contributed by atoms with Crippen molar-refractivity contribution in [3.8, 4) is 0 Å². The maximum absolute atomic E-state index is 10.6. The summed E-state index contributed by atoms with van der Waals surface area (Å²) < 4.78 is 1.34. The van der Waals surface area contributed by atoms with E-state index in [0.29, 0.717) is 0 Å². The Morgan fingerprint density at radius 1 is 1.19 bits per heavy atom. The molecule has 112 valence electrons. The van der Waals surface area contributed by atoms with Gasteiger partial charge in [0.25, 0.3) is 0 Å². The number of hydrogen-bond acceptors (Lipinski definition) is 4. The van der Waals surface area contributed by atoms with Crippen molar-refractivity contribution in [3.63, 3.8) is 0 Å². The second kappa shape index (κ2) is 6.45. The Hall–Kier alpha value is -1.59. The number of aliphatic carboxylic acids is 1. The maximum Gasteiger partial charge on any atom is 0.303 e. The van der Waals surface area contributed by atoms with Crippen LogP contribution in [0.4, 0.5) is 5.69 Å². The molecule has 0 amide bonds. The molecule has 5 heteroatoms. The largest absolute Gasteiger partial charge is 0.481 e. The van der Waals surface area contributed by atoms with Gasteiger partial charge in [-0.05, 0) is 36.5 Å². The molecule has 4 nitrogen and oxygen atoms in total. The summed E-state index contributed by atoms with van der Waals surface area (Å²) >= 11 is 1.79. The van der Waals surface area contributed by atoms with Crippen LogP contribution in [0.5, 0.6) is 0 Å². The van der Waals surface area contributed by atoms with Crippen molar-refractivity contribution in [2.45, 2.75) is 12.8 Å². The van der Waals surface area contributed by atoms with E-state index in [-0.39, 0.29) is 6.42 Å². The third kappa shape index (κ3) is 3.36. The quantitative estimate of drug-likeness (QED) is 0.922. The van der Waals surface area contributed by atoms with Crippen molar-refractivity contribution in [2.75, 3.05) is 37.6 Å². The minimum atomic E-state index is -0.697. The molecule has 0 radical (unpaired) electrons. The molecule has 1 fully saturated rings. The molecule has 1 aromatic carbocycles. The van der Waals surface area contributed by atoms with E-state index in [9.17, 15) is 4.79 Å². The van der Waals surface area contributed by atoms with Crippen LogP contribution in [0.2, 0.25) is 0 Å². The molecule has 3 rings (SSSR count). The monoisotopic (exact) mass is 304 g/mol. The van der Waals surface area contributed by atoms with Gasteiger partial charge in [-0.15, -0.1) is 11.3 Å². The van der Waals surface area contributed by atoms with E-state index in [1.165, 1.54) is 15.8 Å². The Labute approximate surface area is 128 Å². The number of nitrogens with zero attached hydrogens (tertiary/aromatic N) is 2. The first-order chi connectivity index (χ1) is 10.2. The highest BCUT2D eigenvalue weighted by molar-refractivity contribution is 7.17. The normalized spacial score (nSPS) is 16.5. The van der Waals surface area contributed by atoms with Crippen molar-refractivity contribution in [2.24, 2.45) is 0 Å². The van der Waals surface area contributed by atoms with E-state index in [4.69, 9.17) is 5.11 Å². The number of benzene rings is 1. The van der Waals surface area contributed by atoms with Gasteiger partial charge in [0.05, 0.1) is 0 Å². The molecule has 0 bridgehead atoms. The standard InChI is InChI=1S/C16H20N2O2S/c19-16(20)5-2-7-17-8-10-18(11-9-17)14-3-1-4-15-13(14)6-12-21-15/h1,3-4,6,12H,2,5,7-11H2,(H,19,20). The predicted molar refractivity (Wildman–Crippen MR) is 87.3 cm³/mol. The van der Waals surface area contributed by atoms with Gasteiger partial charge >= 0.3 is 5.97 Å². The average molecular weight is 304 g/mol. The first-order valence-electron chi connectivity index (χ1n) is 7.39. The number of piperazine rings is 1. The van der Waals surface area contributed by atoms with Crippen molar-refractivity contribution >= 4 is 33.1 Å². The van der Waals surface area contributed by atoms with Gasteiger partial charge in [0, 0.05) is 48.4 Å². The summed E-state index contributed by atoms with van der Waals surface area (Å²) in [4.78, 5) is 15.4. The van der Waals surface area contributed by atoms with Crippen molar-refractivity contribution in [3.05, 3.63) is 29.6 Å². The minimum Gasteiger partial charge on any atom is -0.481 e. The highest BCUT2D eigenvalue weighted by Gasteiger charge is 2.18. The summed E-state index contributed by atoms with van der Waals surface area (Å²) in [5.74, 6) is -0.697. The summed E-state index contributed by atoms with van der Waals surface area (Å²) in [6, 6.07) is 8.71. The topological polar surface area (TPSA) is 43.8 Å². The first-order valence-corrected chi connectivity index (χ1v) is 8.27. The van der Waals surface area contributed by atoms with E-state index >= 15 is 0 Å². The molecule has 2 aromatic rings. The summed E-state index contributed by atoms with van der Waals surface area (Å²) in [5, 5.41) is 12.2. The van der Waals surface area contributed by atoms with Crippen LogP contribution in [-0.2, 0) is 4.79 Å². The Kier molecular flexibility index (Phi) is 4.41. The number of carboxylic acids is 1. The third-order valence-corrected chi connectivity index (χ3v) is 4.93. The van der Waals surface area contributed by atoms with Gasteiger partial charge < -0.3 is 10.0 Å². The lowest BCUT2D eigenvalue weighted by Crippen LogP contribution is -2.46. The number of anilines is 1. The van der Waals surface area contributed by atoms with Crippen LogP contribution in [0.1, 0.15) is 12.8 Å². The van der Waals surface area contributed by atoms with Gasteiger partial charge in [-0.25, -0.2) is 0 Å². The number of fused-ring (bicyclic) bond motifs is 1. The van der Waals surface area contributed by atoms with Gasteiger partial charge in [-0.2, -0.15) is 0 Å². The van der Waals surface area contributed by atoms with Crippen LogP contribution in [0.25, 0.3) is 10.1 Å². The van der Waals surface area contributed by atoms with Gasteiger partial charge in [-0.3, -0.25) is 9.69 Å². The zero-order chi connectivity index (χ0) is 14.7. The zero-order valence-corrected chi connectivity index (χ0v) is 12.8. The molecular formula is C16H20N2O2S. The summed E-state index contributed by atoms with van der Waals surface area (Å²) in [7, 11) is 0. The highest BCUT2D eigenvalue weighted by atomic mass is 32.1. The highest BCUT2D eigenvalue weighted by Crippen LogP contribution is 2.31. The molecule has 1 saturated heterocycles. The fourth-order valence-corrected chi connectivity index (χ4v) is 3.73. The van der Waals surface area contributed by atoms with Gasteiger partial charge in [0.1, 0.15) is 0 Å². The molecule has 2 heterocycles. The average Bonchev–Trinajstić information content (AvgIpc) is 2.96. The summed E-state index contributed by atoms with van der Waals surface area (Å²) in [6.07, 6.45) is 1.02. The molecule has 1 aromatic heterocycles. The van der Waals surface area contributed by atoms with Gasteiger partial charge in [0.2, 0.25) is 0 Å². The Morgan fingerprint density at radius 2 is 2.00 bits per heavy atom. The van der Waals surface area contributed by atoms with E-state index in [0.717, 1.165) is 39.1 Å². The molecule has 1 aliphatic heterocycles. The number of carbonyl (C=O) groups is 1. The van der Waals surface area contributed by atoms with Crippen LogP contribution in [-0.4, -0.2) is 48.7 Å². The molecule has 21 heavy (non-hydrogen) atoms. The van der Waals surface area contributed by atoms with Gasteiger partial charge in [-0.1, -0.05) is 6.07 Å². The molecule has 0 atom stereocenters. The lowest BCUT2D eigenvalue weighted by molar-refractivity contribution is -0.137. The molecule has 0 unspecified atom stereocenters. The number of rotatable bonds is 5.